The molecule has 1 amide bonds. The van der Waals surface area contributed by atoms with Crippen molar-refractivity contribution in [3.63, 3.8) is 0 Å². The number of hydrogen-bond acceptors (Lipinski definition) is 6. The van der Waals surface area contributed by atoms with Crippen LogP contribution in [0.5, 0.6) is 0 Å². The topological polar surface area (TPSA) is 75.7 Å². The lowest BCUT2D eigenvalue weighted by Gasteiger charge is -2.24. The zero-order chi connectivity index (χ0) is 13.2. The maximum atomic E-state index is 11.7. The summed E-state index contributed by atoms with van der Waals surface area (Å²) in [4.78, 5) is 13.3. The van der Waals surface area contributed by atoms with E-state index >= 15 is 0 Å². The summed E-state index contributed by atoms with van der Waals surface area (Å²) >= 11 is 1.51. The van der Waals surface area contributed by atoms with Crippen molar-refractivity contribution in [3.8, 4) is 0 Å². The number of amides is 1. The second-order valence-corrected chi connectivity index (χ2v) is 7.97. The maximum absolute atomic E-state index is 11.7. The van der Waals surface area contributed by atoms with Gasteiger partial charge in [-0.15, -0.1) is 11.8 Å². The molecule has 0 unspecified atom stereocenters. The molecule has 2 heterocycles. The molecular formula is C10H18N2O4S2. The van der Waals surface area contributed by atoms with Gasteiger partial charge in [0.2, 0.25) is 0 Å². The van der Waals surface area contributed by atoms with Gasteiger partial charge < -0.3 is 4.74 Å². The molecule has 0 aliphatic carbocycles. The van der Waals surface area contributed by atoms with E-state index in [1.165, 1.54) is 11.8 Å². The molecule has 2 aliphatic heterocycles. The molecule has 2 fully saturated rings. The summed E-state index contributed by atoms with van der Waals surface area (Å²) in [5.41, 5.74) is -0.164. The average molecular weight is 294 g/mol. The molecule has 0 aromatic carbocycles. The summed E-state index contributed by atoms with van der Waals surface area (Å²) in [6, 6.07) is 0. The molecule has 0 aromatic heterocycles. The number of carbonyl (C=O) groups excluding carboxylic acids is 1. The van der Waals surface area contributed by atoms with E-state index in [1.54, 1.807) is 11.8 Å². The lowest BCUT2D eigenvalue weighted by Crippen LogP contribution is -2.39. The first-order chi connectivity index (χ1) is 8.52. The van der Waals surface area contributed by atoms with E-state index in [0.717, 1.165) is 6.54 Å². The van der Waals surface area contributed by atoms with Crippen molar-refractivity contribution in [1.82, 2.24) is 10.2 Å². The van der Waals surface area contributed by atoms with Crippen LogP contribution in [0, 0.1) is 0 Å². The molecule has 2 aliphatic rings. The quantitative estimate of drug-likeness (QED) is 0.804. The monoisotopic (exact) mass is 294 g/mol. The number of rotatable bonds is 3. The van der Waals surface area contributed by atoms with Gasteiger partial charge in [-0.25, -0.2) is 13.2 Å². The predicted molar refractivity (Wildman–Crippen MR) is 70.2 cm³/mol. The number of hydrogen-bond donors (Lipinski definition) is 1. The standard InChI is InChI=1S/C10H18N2O4S2/c1-2-16-10(13)12-5-4-11-9(12)17-8-3-6-18(14,15)7-8/h8-9,11H,2-7H2,1H3/t8-,9+/m0/s1. The predicted octanol–water partition coefficient (Wildman–Crippen LogP) is 0.252. The number of sulfone groups is 1. The Hall–Kier alpha value is -0.470. The van der Waals surface area contributed by atoms with Crippen LogP contribution in [0.2, 0.25) is 0 Å². The Balaban J connectivity index is 1.90. The van der Waals surface area contributed by atoms with E-state index in [0.29, 0.717) is 19.6 Å². The highest BCUT2D eigenvalue weighted by Crippen LogP contribution is 2.30. The van der Waals surface area contributed by atoms with E-state index in [2.05, 4.69) is 5.32 Å². The van der Waals surface area contributed by atoms with Gasteiger partial charge in [0.15, 0.2) is 9.84 Å². The number of nitrogens with one attached hydrogen (secondary N) is 1. The van der Waals surface area contributed by atoms with Gasteiger partial charge >= 0.3 is 6.09 Å². The molecule has 2 atom stereocenters. The summed E-state index contributed by atoms with van der Waals surface area (Å²) in [6.45, 7) is 3.45. The van der Waals surface area contributed by atoms with E-state index < -0.39 is 9.84 Å². The van der Waals surface area contributed by atoms with Crippen LogP contribution in [0.15, 0.2) is 0 Å². The molecule has 104 valence electrons. The van der Waals surface area contributed by atoms with Crippen molar-refractivity contribution in [2.24, 2.45) is 0 Å². The number of carbonyl (C=O) groups is 1. The molecule has 0 aromatic rings. The molecule has 8 heteroatoms. The van der Waals surface area contributed by atoms with Crippen molar-refractivity contribution in [3.05, 3.63) is 0 Å². The van der Waals surface area contributed by atoms with Crippen LogP contribution in [0.3, 0.4) is 0 Å². The molecule has 2 saturated heterocycles. The molecular weight excluding hydrogens is 276 g/mol. The summed E-state index contributed by atoms with van der Waals surface area (Å²) in [6.07, 6.45) is 0.336. The highest BCUT2D eigenvalue weighted by Gasteiger charge is 2.36. The van der Waals surface area contributed by atoms with Gasteiger partial charge in [-0.3, -0.25) is 10.2 Å². The van der Waals surface area contributed by atoms with Gasteiger partial charge in [0.25, 0.3) is 0 Å². The Morgan fingerprint density at radius 3 is 2.94 bits per heavy atom. The Morgan fingerprint density at radius 2 is 2.33 bits per heavy atom. The van der Waals surface area contributed by atoms with E-state index in [-0.39, 0.29) is 28.3 Å². The van der Waals surface area contributed by atoms with E-state index in [1.807, 2.05) is 0 Å². The number of nitrogens with zero attached hydrogens (tertiary/aromatic N) is 1. The van der Waals surface area contributed by atoms with Gasteiger partial charge in [0.1, 0.15) is 5.50 Å². The molecule has 0 bridgehead atoms. The van der Waals surface area contributed by atoms with Crippen LogP contribution in [0.25, 0.3) is 0 Å². The molecule has 18 heavy (non-hydrogen) atoms. The maximum Gasteiger partial charge on any atom is 0.411 e. The van der Waals surface area contributed by atoms with Crippen molar-refractivity contribution >= 4 is 27.7 Å². The van der Waals surface area contributed by atoms with Gasteiger partial charge in [-0.1, -0.05) is 0 Å². The Kier molecular flexibility index (Phi) is 4.39. The molecule has 0 spiro atoms. The fraction of sp³-hybridized carbons (Fsp3) is 0.900. The van der Waals surface area contributed by atoms with Crippen molar-refractivity contribution in [1.29, 1.82) is 0 Å². The van der Waals surface area contributed by atoms with Crippen LogP contribution in [-0.2, 0) is 14.6 Å². The zero-order valence-corrected chi connectivity index (χ0v) is 11.9. The Morgan fingerprint density at radius 1 is 1.56 bits per heavy atom. The van der Waals surface area contributed by atoms with Crippen LogP contribution < -0.4 is 5.32 Å². The van der Waals surface area contributed by atoms with Crippen LogP contribution in [0.1, 0.15) is 13.3 Å². The first-order valence-electron chi connectivity index (χ1n) is 6.04. The fourth-order valence-corrected chi connectivity index (χ4v) is 5.90. The van der Waals surface area contributed by atoms with Crippen molar-refractivity contribution in [2.75, 3.05) is 31.2 Å². The van der Waals surface area contributed by atoms with Gasteiger partial charge in [-0.2, -0.15) is 0 Å². The highest BCUT2D eigenvalue weighted by molar-refractivity contribution is 8.02. The van der Waals surface area contributed by atoms with Gasteiger partial charge in [0, 0.05) is 18.3 Å². The minimum absolute atomic E-state index is 0.0718. The normalized spacial score (nSPS) is 30.6. The number of ether oxygens (including phenoxy) is 1. The third-order valence-electron chi connectivity index (χ3n) is 2.97. The van der Waals surface area contributed by atoms with Gasteiger partial charge in [0.05, 0.1) is 18.1 Å². The Bertz CT molecular complexity index is 412. The average Bonchev–Trinajstić information content (AvgIpc) is 2.86. The lowest BCUT2D eigenvalue weighted by molar-refractivity contribution is 0.112. The molecule has 1 N–H and O–H groups in total. The second-order valence-electron chi connectivity index (χ2n) is 4.36. The third-order valence-corrected chi connectivity index (χ3v) is 6.41. The summed E-state index contributed by atoms with van der Waals surface area (Å²) in [5, 5.41) is 3.27. The van der Waals surface area contributed by atoms with Crippen LogP contribution in [-0.4, -0.2) is 61.4 Å². The van der Waals surface area contributed by atoms with Crippen LogP contribution >= 0.6 is 11.8 Å². The minimum atomic E-state index is -2.87. The largest absolute Gasteiger partial charge is 0.450 e. The third kappa shape index (κ3) is 3.30. The minimum Gasteiger partial charge on any atom is -0.450 e. The molecule has 6 nitrogen and oxygen atoms in total. The van der Waals surface area contributed by atoms with Crippen molar-refractivity contribution < 1.29 is 17.9 Å². The first kappa shape index (κ1) is 14.0. The molecule has 2 rings (SSSR count). The summed E-state index contributed by atoms with van der Waals surface area (Å²) in [7, 11) is -2.87. The van der Waals surface area contributed by atoms with Crippen LogP contribution in [0.4, 0.5) is 4.79 Å². The zero-order valence-electron chi connectivity index (χ0n) is 10.3. The summed E-state index contributed by atoms with van der Waals surface area (Å²) < 4.78 is 27.8. The first-order valence-corrected chi connectivity index (χ1v) is 8.81. The molecule has 0 saturated carbocycles. The SMILES string of the molecule is CCOC(=O)N1CCN[C@H]1S[C@H]1CCS(=O)(=O)C1. The van der Waals surface area contributed by atoms with Gasteiger partial charge in [-0.05, 0) is 13.3 Å². The second kappa shape index (κ2) is 5.66. The van der Waals surface area contributed by atoms with E-state index in [4.69, 9.17) is 4.74 Å². The lowest BCUT2D eigenvalue weighted by atomic mass is 10.4. The molecule has 0 radical (unpaired) electrons. The number of thioether (sulfide) groups is 1. The fourth-order valence-electron chi connectivity index (χ4n) is 2.10. The highest BCUT2D eigenvalue weighted by atomic mass is 32.2. The Labute approximate surface area is 111 Å². The smallest absolute Gasteiger partial charge is 0.411 e. The van der Waals surface area contributed by atoms with E-state index in [9.17, 15) is 13.2 Å². The summed E-state index contributed by atoms with van der Waals surface area (Å²) in [5.74, 6) is 0.476. The van der Waals surface area contributed by atoms with Crippen molar-refractivity contribution in [2.45, 2.75) is 24.1 Å².